The van der Waals surface area contributed by atoms with Crippen LogP contribution in [0.25, 0.3) is 0 Å². The number of amides is 1. The maximum Gasteiger partial charge on any atom is 0.407 e. The minimum Gasteiger partial charge on any atom is -0.490 e. The third-order valence-corrected chi connectivity index (χ3v) is 2.85. The van der Waals surface area contributed by atoms with Crippen LogP contribution in [0, 0.1) is 11.3 Å². The number of alkyl carbamates (subject to hydrolysis) is 1. The summed E-state index contributed by atoms with van der Waals surface area (Å²) in [6, 6.07) is 18.4. The van der Waals surface area contributed by atoms with Crippen molar-refractivity contribution in [3.05, 3.63) is 65.7 Å². The van der Waals surface area contributed by atoms with Crippen LogP contribution in [0.4, 0.5) is 4.79 Å². The van der Waals surface area contributed by atoms with E-state index in [0.717, 1.165) is 5.56 Å². The van der Waals surface area contributed by atoms with Crippen LogP contribution in [0.15, 0.2) is 54.6 Å². The lowest BCUT2D eigenvalue weighted by Gasteiger charge is -2.09. The van der Waals surface area contributed by atoms with Crippen molar-refractivity contribution in [2.45, 2.75) is 6.61 Å². The average Bonchev–Trinajstić information content (AvgIpc) is 2.58. The van der Waals surface area contributed by atoms with Gasteiger partial charge >= 0.3 is 6.09 Å². The van der Waals surface area contributed by atoms with Crippen LogP contribution >= 0.6 is 0 Å². The molecule has 0 atom stereocenters. The second-order valence-electron chi connectivity index (χ2n) is 4.44. The van der Waals surface area contributed by atoms with Gasteiger partial charge in [-0.05, 0) is 17.7 Å². The van der Waals surface area contributed by atoms with Gasteiger partial charge in [-0.1, -0.05) is 42.5 Å². The molecule has 5 nitrogen and oxygen atoms in total. The van der Waals surface area contributed by atoms with Crippen LogP contribution in [-0.2, 0) is 11.3 Å². The summed E-state index contributed by atoms with van der Waals surface area (Å²) in [7, 11) is 0. The summed E-state index contributed by atoms with van der Waals surface area (Å²) >= 11 is 0. The molecule has 0 spiro atoms. The van der Waals surface area contributed by atoms with E-state index in [4.69, 9.17) is 14.7 Å². The van der Waals surface area contributed by atoms with Crippen LogP contribution in [0.5, 0.6) is 5.75 Å². The molecule has 1 N–H and O–H groups in total. The van der Waals surface area contributed by atoms with Crippen molar-refractivity contribution >= 4 is 6.09 Å². The summed E-state index contributed by atoms with van der Waals surface area (Å²) in [6.07, 6.45) is -0.499. The molecule has 0 aromatic heterocycles. The van der Waals surface area contributed by atoms with E-state index in [1.165, 1.54) is 0 Å². The lowest BCUT2D eigenvalue weighted by Crippen LogP contribution is -2.28. The Balaban J connectivity index is 1.66. The van der Waals surface area contributed by atoms with Gasteiger partial charge in [-0.2, -0.15) is 5.26 Å². The predicted octanol–water partition coefficient (Wildman–Crippen LogP) is 2.86. The first-order chi connectivity index (χ1) is 10.8. The lowest BCUT2D eigenvalue weighted by molar-refractivity contribution is 0.137. The van der Waals surface area contributed by atoms with Crippen LogP contribution in [-0.4, -0.2) is 19.2 Å². The highest BCUT2D eigenvalue weighted by atomic mass is 16.5. The number of rotatable bonds is 6. The number of hydrogen-bond donors (Lipinski definition) is 1. The van der Waals surface area contributed by atoms with Crippen molar-refractivity contribution in [3.8, 4) is 11.8 Å². The van der Waals surface area contributed by atoms with E-state index in [1.54, 1.807) is 24.3 Å². The number of carbonyl (C=O) groups excluding carboxylic acids is 1. The van der Waals surface area contributed by atoms with E-state index in [2.05, 4.69) is 5.32 Å². The summed E-state index contributed by atoms with van der Waals surface area (Å²) in [5.41, 5.74) is 1.39. The molecule has 2 aromatic carbocycles. The molecule has 0 bridgehead atoms. The third-order valence-electron chi connectivity index (χ3n) is 2.85. The van der Waals surface area contributed by atoms with E-state index in [0.29, 0.717) is 17.9 Å². The SMILES string of the molecule is N#Cc1ccccc1OCCNC(=O)OCc1ccccc1. The van der Waals surface area contributed by atoms with Gasteiger partial charge in [-0.3, -0.25) is 0 Å². The van der Waals surface area contributed by atoms with Crippen LogP contribution in [0.1, 0.15) is 11.1 Å². The molecule has 2 rings (SSSR count). The van der Waals surface area contributed by atoms with Crippen LogP contribution in [0.3, 0.4) is 0 Å². The van der Waals surface area contributed by atoms with Crippen molar-refractivity contribution in [3.63, 3.8) is 0 Å². The van der Waals surface area contributed by atoms with Crippen molar-refractivity contribution in [1.29, 1.82) is 5.26 Å². The van der Waals surface area contributed by atoms with Gasteiger partial charge in [0.15, 0.2) is 0 Å². The molecule has 1 amide bonds. The maximum atomic E-state index is 11.5. The molecule has 0 fully saturated rings. The highest BCUT2D eigenvalue weighted by Gasteiger charge is 2.04. The molecule has 0 unspecified atom stereocenters. The average molecular weight is 296 g/mol. The van der Waals surface area contributed by atoms with Gasteiger partial charge in [-0.25, -0.2) is 4.79 Å². The Bertz CT molecular complexity index is 650. The van der Waals surface area contributed by atoms with Crippen molar-refractivity contribution < 1.29 is 14.3 Å². The van der Waals surface area contributed by atoms with Gasteiger partial charge in [0.2, 0.25) is 0 Å². The zero-order valence-corrected chi connectivity index (χ0v) is 12.0. The maximum absolute atomic E-state index is 11.5. The summed E-state index contributed by atoms with van der Waals surface area (Å²) < 4.78 is 10.5. The Kier molecular flexibility index (Phi) is 5.82. The van der Waals surface area contributed by atoms with Crippen LogP contribution in [0.2, 0.25) is 0 Å². The highest BCUT2D eigenvalue weighted by Crippen LogP contribution is 2.15. The zero-order chi connectivity index (χ0) is 15.6. The van der Waals surface area contributed by atoms with Crippen LogP contribution < -0.4 is 10.1 Å². The Morgan fingerprint density at radius 2 is 1.82 bits per heavy atom. The number of nitrogens with zero attached hydrogens (tertiary/aromatic N) is 1. The highest BCUT2D eigenvalue weighted by molar-refractivity contribution is 5.67. The topological polar surface area (TPSA) is 71.3 Å². The number of carbonyl (C=O) groups is 1. The number of para-hydroxylation sites is 1. The molecule has 0 saturated carbocycles. The van der Waals surface area contributed by atoms with Gasteiger partial charge in [0.25, 0.3) is 0 Å². The summed E-state index contributed by atoms with van der Waals surface area (Å²) in [4.78, 5) is 11.5. The second-order valence-corrected chi connectivity index (χ2v) is 4.44. The van der Waals surface area contributed by atoms with Gasteiger partial charge < -0.3 is 14.8 Å². The summed E-state index contributed by atoms with van der Waals surface area (Å²) in [6.45, 7) is 0.789. The first-order valence-corrected chi connectivity index (χ1v) is 6.86. The zero-order valence-electron chi connectivity index (χ0n) is 12.0. The number of nitriles is 1. The van der Waals surface area contributed by atoms with Gasteiger partial charge in [0.1, 0.15) is 25.0 Å². The van der Waals surface area contributed by atoms with Crippen molar-refractivity contribution in [1.82, 2.24) is 5.32 Å². The predicted molar refractivity (Wildman–Crippen MR) is 81.3 cm³/mol. The number of benzene rings is 2. The number of ether oxygens (including phenoxy) is 2. The monoisotopic (exact) mass is 296 g/mol. The quantitative estimate of drug-likeness (QED) is 0.832. The molecule has 0 radical (unpaired) electrons. The first-order valence-electron chi connectivity index (χ1n) is 6.86. The smallest absolute Gasteiger partial charge is 0.407 e. The molecule has 0 saturated heterocycles. The fourth-order valence-corrected chi connectivity index (χ4v) is 1.77. The fourth-order valence-electron chi connectivity index (χ4n) is 1.77. The molecule has 5 heteroatoms. The Morgan fingerprint density at radius 1 is 1.09 bits per heavy atom. The van der Waals surface area contributed by atoms with E-state index in [9.17, 15) is 4.79 Å². The Hall–Kier alpha value is -3.00. The molecule has 112 valence electrons. The minimum absolute atomic E-state index is 0.227. The molecule has 0 aliphatic rings. The normalized spacial score (nSPS) is 9.59. The molecular weight excluding hydrogens is 280 g/mol. The molecule has 0 heterocycles. The molecule has 22 heavy (non-hydrogen) atoms. The van der Waals surface area contributed by atoms with Crippen molar-refractivity contribution in [2.24, 2.45) is 0 Å². The number of hydrogen-bond acceptors (Lipinski definition) is 4. The van der Waals surface area contributed by atoms with Gasteiger partial charge in [-0.15, -0.1) is 0 Å². The Morgan fingerprint density at radius 3 is 2.59 bits per heavy atom. The molecule has 0 aliphatic heterocycles. The second kappa shape index (κ2) is 8.32. The first kappa shape index (κ1) is 15.4. The molecule has 2 aromatic rings. The molecule has 0 aliphatic carbocycles. The van der Waals surface area contributed by atoms with E-state index >= 15 is 0 Å². The van der Waals surface area contributed by atoms with E-state index in [-0.39, 0.29) is 13.2 Å². The standard InChI is InChI=1S/C17H16N2O3/c18-12-15-8-4-5-9-16(15)21-11-10-19-17(20)22-13-14-6-2-1-3-7-14/h1-9H,10-11,13H2,(H,19,20). The van der Waals surface area contributed by atoms with E-state index in [1.807, 2.05) is 36.4 Å². The fraction of sp³-hybridized carbons (Fsp3) is 0.176. The van der Waals surface area contributed by atoms with Crippen molar-refractivity contribution in [2.75, 3.05) is 13.2 Å². The third kappa shape index (κ3) is 4.84. The largest absolute Gasteiger partial charge is 0.490 e. The minimum atomic E-state index is -0.499. The van der Waals surface area contributed by atoms with E-state index < -0.39 is 6.09 Å². The summed E-state index contributed by atoms with van der Waals surface area (Å²) in [5.74, 6) is 0.504. The van der Waals surface area contributed by atoms with Gasteiger partial charge in [0.05, 0.1) is 12.1 Å². The summed E-state index contributed by atoms with van der Waals surface area (Å²) in [5, 5.41) is 11.5. The lowest BCUT2D eigenvalue weighted by atomic mass is 10.2. The number of nitrogens with one attached hydrogen (secondary N) is 1. The molecular formula is C17H16N2O3. The Labute approximate surface area is 129 Å². The van der Waals surface area contributed by atoms with Gasteiger partial charge in [0, 0.05) is 0 Å².